The van der Waals surface area contributed by atoms with Crippen LogP contribution in [0.5, 0.6) is 0 Å². The Labute approximate surface area is 189 Å². The lowest BCUT2D eigenvalue weighted by molar-refractivity contribution is -0.119. The maximum absolute atomic E-state index is 12.3. The molecule has 2 N–H and O–H groups in total. The van der Waals surface area contributed by atoms with Crippen molar-refractivity contribution in [3.05, 3.63) is 73.5 Å². The number of nitrogens with zero attached hydrogens (tertiary/aromatic N) is 1. The molecule has 0 atom stereocenters. The van der Waals surface area contributed by atoms with Crippen LogP contribution in [0.15, 0.2) is 48.0 Å². The number of nitrogens with one attached hydrogen (secondary N) is 2. The summed E-state index contributed by atoms with van der Waals surface area (Å²) in [5.74, 6) is -1.68. The molecule has 1 aromatic carbocycles. The standard InChI is InChI=1S/C19H12Cl3N3O4S/c20-11-7-13(22)17(23-8-11)25-16(26)9-29-19(28)10-3-4-12(21)14(6-10)24-18(27)15-2-1-5-30-15/h1-8H,9H2,(H,24,27)(H,23,25,26). The van der Waals surface area contributed by atoms with Crippen molar-refractivity contribution in [1.82, 2.24) is 4.98 Å². The average molecular weight is 485 g/mol. The zero-order valence-electron chi connectivity index (χ0n) is 14.9. The van der Waals surface area contributed by atoms with Crippen molar-refractivity contribution in [2.75, 3.05) is 17.2 Å². The molecule has 3 rings (SSSR count). The summed E-state index contributed by atoms with van der Waals surface area (Å²) in [5, 5.41) is 7.52. The van der Waals surface area contributed by atoms with E-state index in [4.69, 9.17) is 39.5 Å². The molecular formula is C19H12Cl3N3O4S. The summed E-state index contributed by atoms with van der Waals surface area (Å²) < 4.78 is 5.00. The maximum Gasteiger partial charge on any atom is 0.338 e. The smallest absolute Gasteiger partial charge is 0.338 e. The van der Waals surface area contributed by atoms with Crippen LogP contribution in [0, 0.1) is 0 Å². The second kappa shape index (κ2) is 9.90. The predicted molar refractivity (Wildman–Crippen MR) is 117 cm³/mol. The van der Waals surface area contributed by atoms with Gasteiger partial charge in [-0.3, -0.25) is 9.59 Å². The van der Waals surface area contributed by atoms with Crippen molar-refractivity contribution in [2.24, 2.45) is 0 Å². The number of halogens is 3. The molecule has 0 bridgehead atoms. The van der Waals surface area contributed by atoms with Gasteiger partial charge >= 0.3 is 5.97 Å². The summed E-state index contributed by atoms with van der Waals surface area (Å²) in [6, 6.07) is 9.04. The normalized spacial score (nSPS) is 10.4. The van der Waals surface area contributed by atoms with Crippen LogP contribution in [0.25, 0.3) is 0 Å². The monoisotopic (exact) mass is 483 g/mol. The molecule has 7 nitrogen and oxygen atoms in total. The highest BCUT2D eigenvalue weighted by Gasteiger charge is 2.16. The van der Waals surface area contributed by atoms with Crippen LogP contribution in [-0.2, 0) is 9.53 Å². The number of aromatic nitrogens is 1. The summed E-state index contributed by atoms with van der Waals surface area (Å²) in [6.07, 6.45) is 1.31. The van der Waals surface area contributed by atoms with Gasteiger partial charge in [-0.25, -0.2) is 9.78 Å². The summed E-state index contributed by atoms with van der Waals surface area (Å²) in [6.45, 7) is -0.570. The van der Waals surface area contributed by atoms with Gasteiger partial charge in [-0.15, -0.1) is 11.3 Å². The second-order valence-corrected chi connectivity index (χ2v) is 7.93. The third-order valence-electron chi connectivity index (χ3n) is 3.60. The molecule has 2 amide bonds. The van der Waals surface area contributed by atoms with E-state index in [1.54, 1.807) is 17.5 Å². The number of thiophene rings is 1. The number of esters is 1. The number of pyridine rings is 1. The Morgan fingerprint density at radius 3 is 2.53 bits per heavy atom. The van der Waals surface area contributed by atoms with E-state index >= 15 is 0 Å². The van der Waals surface area contributed by atoms with Crippen molar-refractivity contribution in [2.45, 2.75) is 0 Å². The Morgan fingerprint density at radius 2 is 1.83 bits per heavy atom. The summed E-state index contributed by atoms with van der Waals surface area (Å²) in [4.78, 5) is 40.8. The summed E-state index contributed by atoms with van der Waals surface area (Å²) in [5.41, 5.74) is 0.349. The number of amides is 2. The zero-order valence-corrected chi connectivity index (χ0v) is 18.0. The largest absolute Gasteiger partial charge is 0.452 e. The van der Waals surface area contributed by atoms with E-state index in [0.717, 1.165) is 0 Å². The van der Waals surface area contributed by atoms with E-state index in [9.17, 15) is 14.4 Å². The number of benzene rings is 1. The Kier molecular flexibility index (Phi) is 7.28. The van der Waals surface area contributed by atoms with Crippen molar-refractivity contribution in [3.8, 4) is 0 Å². The van der Waals surface area contributed by atoms with Gasteiger partial charge in [-0.2, -0.15) is 0 Å². The molecule has 0 aliphatic heterocycles. The highest BCUT2D eigenvalue weighted by Crippen LogP contribution is 2.25. The van der Waals surface area contributed by atoms with Gasteiger partial charge in [0.25, 0.3) is 11.8 Å². The molecule has 0 radical (unpaired) electrons. The molecule has 154 valence electrons. The molecule has 30 heavy (non-hydrogen) atoms. The highest BCUT2D eigenvalue weighted by atomic mass is 35.5. The van der Waals surface area contributed by atoms with Gasteiger partial charge in [-0.05, 0) is 35.7 Å². The SMILES string of the molecule is O=C(COC(=O)c1ccc(Cl)c(NC(=O)c2cccs2)c1)Nc1ncc(Cl)cc1Cl. The molecule has 0 saturated heterocycles. The van der Waals surface area contributed by atoms with Crippen molar-refractivity contribution in [3.63, 3.8) is 0 Å². The molecule has 0 saturated carbocycles. The second-order valence-electron chi connectivity index (χ2n) is 5.73. The van der Waals surface area contributed by atoms with E-state index in [1.807, 2.05) is 0 Å². The van der Waals surface area contributed by atoms with Gasteiger partial charge in [0.1, 0.15) is 0 Å². The molecular weight excluding hydrogens is 473 g/mol. The van der Waals surface area contributed by atoms with Gasteiger partial charge in [0, 0.05) is 6.20 Å². The molecule has 0 unspecified atom stereocenters. The van der Waals surface area contributed by atoms with Crippen molar-refractivity contribution in [1.29, 1.82) is 0 Å². The van der Waals surface area contributed by atoms with Crippen LogP contribution >= 0.6 is 46.1 Å². The minimum Gasteiger partial charge on any atom is -0.452 e. The van der Waals surface area contributed by atoms with Gasteiger partial charge in [-0.1, -0.05) is 40.9 Å². The molecule has 3 aromatic rings. The van der Waals surface area contributed by atoms with Crippen LogP contribution in [0.4, 0.5) is 11.5 Å². The minimum atomic E-state index is -0.774. The summed E-state index contributed by atoms with van der Waals surface area (Å²) >= 11 is 19.0. The maximum atomic E-state index is 12.3. The third kappa shape index (κ3) is 5.70. The highest BCUT2D eigenvalue weighted by molar-refractivity contribution is 7.12. The minimum absolute atomic E-state index is 0.0900. The van der Waals surface area contributed by atoms with E-state index in [1.165, 1.54) is 41.8 Å². The summed E-state index contributed by atoms with van der Waals surface area (Å²) in [7, 11) is 0. The van der Waals surface area contributed by atoms with E-state index in [2.05, 4.69) is 15.6 Å². The number of anilines is 2. The molecule has 0 spiro atoms. The Hall–Kier alpha value is -2.65. The van der Waals surface area contributed by atoms with Crippen LogP contribution in [0.3, 0.4) is 0 Å². The molecule has 2 aromatic heterocycles. The lowest BCUT2D eigenvalue weighted by Crippen LogP contribution is -2.21. The lowest BCUT2D eigenvalue weighted by Gasteiger charge is -2.10. The first-order valence-corrected chi connectivity index (χ1v) is 10.3. The van der Waals surface area contributed by atoms with Gasteiger partial charge in [0.05, 0.1) is 31.2 Å². The first kappa shape index (κ1) is 22.0. The Morgan fingerprint density at radius 1 is 1.03 bits per heavy atom. The van der Waals surface area contributed by atoms with E-state index < -0.39 is 18.5 Å². The number of rotatable bonds is 6. The van der Waals surface area contributed by atoms with E-state index in [-0.39, 0.29) is 33.0 Å². The van der Waals surface area contributed by atoms with Gasteiger partial charge in [0.15, 0.2) is 12.4 Å². The molecule has 11 heteroatoms. The van der Waals surface area contributed by atoms with Crippen molar-refractivity contribution < 1.29 is 19.1 Å². The predicted octanol–water partition coefficient (Wildman–Crippen LogP) is 5.15. The van der Waals surface area contributed by atoms with Crippen LogP contribution in [0.2, 0.25) is 15.1 Å². The Bertz CT molecular complexity index is 1110. The third-order valence-corrected chi connectivity index (χ3v) is 5.29. The van der Waals surface area contributed by atoms with Gasteiger partial charge < -0.3 is 15.4 Å². The van der Waals surface area contributed by atoms with Crippen molar-refractivity contribution >= 4 is 75.4 Å². The number of carbonyl (C=O) groups is 3. The number of hydrogen-bond acceptors (Lipinski definition) is 6. The fraction of sp³-hybridized carbons (Fsp3) is 0.0526. The Balaban J connectivity index is 1.61. The average Bonchev–Trinajstić information content (AvgIpc) is 3.25. The molecule has 0 fully saturated rings. The zero-order chi connectivity index (χ0) is 21.7. The fourth-order valence-corrected chi connectivity index (χ4v) is 3.44. The fourth-order valence-electron chi connectivity index (χ4n) is 2.23. The topological polar surface area (TPSA) is 97.4 Å². The quantitative estimate of drug-likeness (QED) is 0.472. The van der Waals surface area contributed by atoms with Crippen LogP contribution in [0.1, 0.15) is 20.0 Å². The molecule has 2 heterocycles. The van der Waals surface area contributed by atoms with Gasteiger partial charge in [0.2, 0.25) is 0 Å². The van der Waals surface area contributed by atoms with E-state index in [0.29, 0.717) is 9.90 Å². The molecule has 0 aliphatic carbocycles. The first-order chi connectivity index (χ1) is 14.3. The molecule has 0 aliphatic rings. The van der Waals surface area contributed by atoms with Crippen LogP contribution < -0.4 is 10.6 Å². The number of carbonyl (C=O) groups excluding carboxylic acids is 3. The van der Waals surface area contributed by atoms with Crippen LogP contribution in [-0.4, -0.2) is 29.4 Å². The first-order valence-electron chi connectivity index (χ1n) is 8.26. The lowest BCUT2D eigenvalue weighted by atomic mass is 10.2. The number of ether oxygens (including phenoxy) is 1. The number of hydrogen-bond donors (Lipinski definition) is 2.